The number of aryl methyl sites for hydroxylation is 2. The molecule has 0 unspecified atom stereocenters. The highest BCUT2D eigenvalue weighted by Crippen LogP contribution is 2.18. The number of rotatable bonds is 6. The fraction of sp³-hybridized carbons (Fsp3) is 0.167. The van der Waals surface area contributed by atoms with Crippen molar-refractivity contribution in [3.05, 3.63) is 98.5 Å². The maximum Gasteiger partial charge on any atom is 0.337 e. The molecule has 1 heterocycles. The number of nitrogens with zero attached hydrogens (tertiary/aromatic N) is 3. The van der Waals surface area contributed by atoms with Crippen molar-refractivity contribution in [1.29, 1.82) is 5.26 Å². The summed E-state index contributed by atoms with van der Waals surface area (Å²) >= 11 is 0. The molecule has 31 heavy (non-hydrogen) atoms. The van der Waals surface area contributed by atoms with Gasteiger partial charge in [0.25, 0.3) is 5.56 Å². The van der Waals surface area contributed by atoms with Crippen molar-refractivity contribution in [3.8, 4) is 11.8 Å². The molecule has 0 aliphatic carbocycles. The van der Waals surface area contributed by atoms with Gasteiger partial charge in [-0.05, 0) is 55.3 Å². The molecule has 0 atom stereocenters. The summed E-state index contributed by atoms with van der Waals surface area (Å²) in [6.45, 7) is 3.77. The van der Waals surface area contributed by atoms with Crippen LogP contribution in [0.25, 0.3) is 0 Å². The number of para-hydroxylation sites is 1. The number of carbonyl (C=O) groups is 1. The molecular formula is C24H21N3O4. The minimum atomic E-state index is -0.458. The number of nitriles is 1. The van der Waals surface area contributed by atoms with Gasteiger partial charge in [0.05, 0.1) is 18.9 Å². The van der Waals surface area contributed by atoms with Gasteiger partial charge in [0.15, 0.2) is 0 Å². The minimum absolute atomic E-state index is 0.0719. The highest BCUT2D eigenvalue weighted by atomic mass is 16.5. The molecule has 1 aromatic heterocycles. The van der Waals surface area contributed by atoms with E-state index in [1.165, 1.54) is 18.0 Å². The van der Waals surface area contributed by atoms with Crippen LogP contribution >= 0.6 is 0 Å². The highest BCUT2D eigenvalue weighted by Gasteiger charge is 2.10. The van der Waals surface area contributed by atoms with Crippen molar-refractivity contribution >= 4 is 12.2 Å². The zero-order chi connectivity index (χ0) is 22.4. The summed E-state index contributed by atoms with van der Waals surface area (Å²) in [5.41, 5.74) is 2.89. The Morgan fingerprint density at radius 1 is 1.16 bits per heavy atom. The van der Waals surface area contributed by atoms with Crippen LogP contribution in [0, 0.1) is 25.2 Å². The van der Waals surface area contributed by atoms with Gasteiger partial charge in [-0.25, -0.2) is 9.47 Å². The lowest BCUT2D eigenvalue weighted by Crippen LogP contribution is -2.22. The van der Waals surface area contributed by atoms with E-state index in [9.17, 15) is 14.9 Å². The molecule has 7 heteroatoms. The normalized spacial score (nSPS) is 10.6. The second-order valence-electron chi connectivity index (χ2n) is 6.83. The highest BCUT2D eigenvalue weighted by molar-refractivity contribution is 5.89. The zero-order valence-corrected chi connectivity index (χ0v) is 17.5. The molecule has 7 nitrogen and oxygen atoms in total. The van der Waals surface area contributed by atoms with Crippen LogP contribution in [0.4, 0.5) is 0 Å². The van der Waals surface area contributed by atoms with Gasteiger partial charge in [-0.15, -0.1) is 0 Å². The maximum absolute atomic E-state index is 12.5. The second kappa shape index (κ2) is 9.55. The molecule has 0 radical (unpaired) electrons. The van der Waals surface area contributed by atoms with Crippen molar-refractivity contribution in [2.24, 2.45) is 5.10 Å². The number of esters is 1. The summed E-state index contributed by atoms with van der Waals surface area (Å²) in [5.74, 6) is 0.192. The summed E-state index contributed by atoms with van der Waals surface area (Å²) in [4.78, 5) is 24.1. The number of aromatic nitrogens is 1. The van der Waals surface area contributed by atoms with E-state index in [1.807, 2.05) is 24.3 Å². The number of methoxy groups -OCH3 is 1. The average Bonchev–Trinajstić information content (AvgIpc) is 2.78. The molecule has 3 aromatic rings. The molecule has 0 bridgehead atoms. The summed E-state index contributed by atoms with van der Waals surface area (Å²) in [6.07, 6.45) is 1.53. The lowest BCUT2D eigenvalue weighted by atomic mass is 10.1. The SMILES string of the molecule is COC(=O)c1ccc(COc2ccccc2/C=N\n2c(C)cc(C)c(C#N)c2=O)cc1. The van der Waals surface area contributed by atoms with Gasteiger partial charge in [0.1, 0.15) is 24.0 Å². The van der Waals surface area contributed by atoms with Crippen LogP contribution in [0.15, 0.2) is 64.5 Å². The second-order valence-corrected chi connectivity index (χ2v) is 6.83. The molecule has 0 saturated carbocycles. The van der Waals surface area contributed by atoms with Crippen molar-refractivity contribution in [3.63, 3.8) is 0 Å². The number of benzene rings is 2. The Balaban J connectivity index is 1.81. The van der Waals surface area contributed by atoms with Gasteiger partial charge in [-0.1, -0.05) is 24.3 Å². The Bertz CT molecular complexity index is 1240. The Morgan fingerprint density at radius 2 is 1.87 bits per heavy atom. The van der Waals surface area contributed by atoms with E-state index < -0.39 is 11.5 Å². The average molecular weight is 415 g/mol. The Labute approximate surface area is 179 Å². The van der Waals surface area contributed by atoms with Crippen LogP contribution in [-0.2, 0) is 11.3 Å². The standard InChI is InChI=1S/C24H21N3O4/c1-16-12-17(2)27(23(28)21(16)13-25)26-14-20-6-4-5-7-22(20)31-15-18-8-10-19(11-9-18)24(29)30-3/h4-12,14H,15H2,1-3H3/b26-14-. The van der Waals surface area contributed by atoms with Crippen molar-refractivity contribution < 1.29 is 14.3 Å². The number of hydrogen-bond acceptors (Lipinski definition) is 6. The molecule has 2 aromatic carbocycles. The molecule has 156 valence electrons. The summed E-state index contributed by atoms with van der Waals surface area (Å²) < 4.78 is 11.8. The molecule has 0 amide bonds. The quantitative estimate of drug-likeness (QED) is 0.453. The minimum Gasteiger partial charge on any atom is -0.488 e. The molecule has 0 N–H and O–H groups in total. The van der Waals surface area contributed by atoms with E-state index in [4.69, 9.17) is 9.47 Å². The third kappa shape index (κ3) is 4.87. The molecule has 3 rings (SSSR count). The molecule has 0 aliphatic heterocycles. The number of carbonyl (C=O) groups excluding carboxylic acids is 1. The van der Waals surface area contributed by atoms with Crippen LogP contribution in [0.5, 0.6) is 5.75 Å². The first-order chi connectivity index (χ1) is 14.9. The van der Waals surface area contributed by atoms with Crippen LogP contribution < -0.4 is 10.3 Å². The first-order valence-electron chi connectivity index (χ1n) is 9.51. The smallest absolute Gasteiger partial charge is 0.337 e. The van der Waals surface area contributed by atoms with E-state index in [0.717, 1.165) is 5.56 Å². The van der Waals surface area contributed by atoms with Crippen molar-refractivity contribution in [2.75, 3.05) is 7.11 Å². The third-order valence-corrected chi connectivity index (χ3v) is 4.67. The van der Waals surface area contributed by atoms with Gasteiger partial charge < -0.3 is 9.47 Å². The lowest BCUT2D eigenvalue weighted by molar-refractivity contribution is 0.0600. The van der Waals surface area contributed by atoms with Gasteiger partial charge in [-0.3, -0.25) is 4.79 Å². The van der Waals surface area contributed by atoms with E-state index in [1.54, 1.807) is 50.2 Å². The fourth-order valence-electron chi connectivity index (χ4n) is 3.02. The molecule has 0 spiro atoms. The summed E-state index contributed by atoms with van der Waals surface area (Å²) in [7, 11) is 1.34. The summed E-state index contributed by atoms with van der Waals surface area (Å²) in [5, 5.41) is 13.5. The number of ether oxygens (including phenoxy) is 2. The first-order valence-corrected chi connectivity index (χ1v) is 9.51. The summed E-state index contributed by atoms with van der Waals surface area (Å²) in [6, 6.07) is 17.9. The fourth-order valence-corrected chi connectivity index (χ4v) is 3.02. The van der Waals surface area contributed by atoms with Gasteiger partial charge >= 0.3 is 5.97 Å². The van der Waals surface area contributed by atoms with Crippen molar-refractivity contribution in [1.82, 2.24) is 4.68 Å². The van der Waals surface area contributed by atoms with Crippen LogP contribution in [0.1, 0.15) is 38.3 Å². The molecular weight excluding hydrogens is 394 g/mol. The van der Waals surface area contributed by atoms with Gasteiger partial charge in [-0.2, -0.15) is 10.4 Å². The van der Waals surface area contributed by atoms with Crippen molar-refractivity contribution in [2.45, 2.75) is 20.5 Å². The Kier molecular flexibility index (Phi) is 6.63. The van der Waals surface area contributed by atoms with E-state index in [-0.39, 0.29) is 12.2 Å². The molecule has 0 fully saturated rings. The molecule has 0 aliphatic rings. The predicted octanol–water partition coefficient (Wildman–Crippen LogP) is 3.58. The Morgan fingerprint density at radius 3 is 2.55 bits per heavy atom. The Hall–Kier alpha value is -4.18. The van der Waals surface area contributed by atoms with E-state index in [2.05, 4.69) is 5.10 Å². The number of hydrogen-bond donors (Lipinski definition) is 0. The van der Waals surface area contributed by atoms with Crippen LogP contribution in [0.2, 0.25) is 0 Å². The predicted molar refractivity (Wildman–Crippen MR) is 116 cm³/mol. The zero-order valence-electron chi connectivity index (χ0n) is 17.5. The van der Waals surface area contributed by atoms with E-state index in [0.29, 0.717) is 28.1 Å². The maximum atomic E-state index is 12.5. The van der Waals surface area contributed by atoms with Gasteiger partial charge in [0, 0.05) is 11.3 Å². The largest absolute Gasteiger partial charge is 0.488 e. The third-order valence-electron chi connectivity index (χ3n) is 4.67. The monoisotopic (exact) mass is 415 g/mol. The van der Waals surface area contributed by atoms with Crippen LogP contribution in [0.3, 0.4) is 0 Å². The topological polar surface area (TPSA) is 93.7 Å². The van der Waals surface area contributed by atoms with Gasteiger partial charge in [0.2, 0.25) is 0 Å². The lowest BCUT2D eigenvalue weighted by Gasteiger charge is -2.10. The number of pyridine rings is 1. The first kappa shape index (κ1) is 21.5. The van der Waals surface area contributed by atoms with Crippen LogP contribution in [-0.4, -0.2) is 24.0 Å². The molecule has 0 saturated heterocycles. The van der Waals surface area contributed by atoms with E-state index >= 15 is 0 Å².